The zero-order valence-electron chi connectivity index (χ0n) is 9.20. The molecule has 0 aromatic heterocycles. The molecule has 0 heterocycles. The normalized spacial score (nSPS) is 12.4. The Bertz CT molecular complexity index is 587. The van der Waals surface area contributed by atoms with E-state index >= 15 is 0 Å². The Morgan fingerprint density at radius 3 is 2.56 bits per heavy atom. The summed E-state index contributed by atoms with van der Waals surface area (Å²) in [5.41, 5.74) is 6.22. The van der Waals surface area contributed by atoms with E-state index in [4.69, 9.17) is 5.73 Å². The molecule has 2 aromatic carbocycles. The molecular formula is C13H10BrF2NO. The molecule has 5 heteroatoms. The van der Waals surface area contributed by atoms with Gasteiger partial charge in [0.2, 0.25) is 0 Å². The van der Waals surface area contributed by atoms with Crippen molar-refractivity contribution in [1.29, 1.82) is 0 Å². The van der Waals surface area contributed by atoms with Gasteiger partial charge in [0, 0.05) is 21.3 Å². The Morgan fingerprint density at radius 1 is 1.11 bits per heavy atom. The summed E-state index contributed by atoms with van der Waals surface area (Å²) in [6, 6.07) is 8.52. The van der Waals surface area contributed by atoms with E-state index in [1.807, 2.05) is 0 Å². The number of aliphatic hydroxyl groups excluding tert-OH is 1. The van der Waals surface area contributed by atoms with E-state index < -0.39 is 17.7 Å². The fraction of sp³-hybridized carbons (Fsp3) is 0.0769. The first-order valence-corrected chi connectivity index (χ1v) is 5.97. The highest BCUT2D eigenvalue weighted by molar-refractivity contribution is 9.10. The van der Waals surface area contributed by atoms with E-state index in [1.54, 1.807) is 18.2 Å². The summed E-state index contributed by atoms with van der Waals surface area (Å²) in [7, 11) is 0. The summed E-state index contributed by atoms with van der Waals surface area (Å²) in [4.78, 5) is 0. The molecule has 1 atom stereocenters. The average molecular weight is 314 g/mol. The highest BCUT2D eigenvalue weighted by Gasteiger charge is 2.19. The van der Waals surface area contributed by atoms with Crippen molar-refractivity contribution >= 4 is 21.6 Å². The summed E-state index contributed by atoms with van der Waals surface area (Å²) < 4.78 is 27.4. The second-order valence-electron chi connectivity index (χ2n) is 3.82. The van der Waals surface area contributed by atoms with Crippen LogP contribution in [0.4, 0.5) is 14.5 Å². The molecule has 0 amide bonds. The third-order valence-electron chi connectivity index (χ3n) is 2.62. The monoisotopic (exact) mass is 313 g/mol. The zero-order chi connectivity index (χ0) is 13.3. The predicted octanol–water partition coefficient (Wildman–Crippen LogP) is 3.39. The van der Waals surface area contributed by atoms with E-state index in [1.165, 1.54) is 12.1 Å². The van der Waals surface area contributed by atoms with Crippen LogP contribution in [0.2, 0.25) is 0 Å². The molecule has 94 valence electrons. The van der Waals surface area contributed by atoms with E-state index in [9.17, 15) is 13.9 Å². The lowest BCUT2D eigenvalue weighted by Gasteiger charge is -2.15. The Labute approximate surface area is 111 Å². The third kappa shape index (κ3) is 2.37. The molecule has 0 bridgehead atoms. The number of nitrogens with two attached hydrogens (primary N) is 1. The van der Waals surface area contributed by atoms with Gasteiger partial charge in [-0.3, -0.25) is 0 Å². The second-order valence-corrected chi connectivity index (χ2v) is 4.73. The fourth-order valence-electron chi connectivity index (χ4n) is 1.68. The molecule has 18 heavy (non-hydrogen) atoms. The number of aliphatic hydroxyl groups is 1. The largest absolute Gasteiger partial charge is 0.398 e. The Morgan fingerprint density at radius 2 is 1.83 bits per heavy atom. The SMILES string of the molecule is Nc1ccc(Br)cc1C(O)c1cccc(F)c1F. The lowest BCUT2D eigenvalue weighted by Crippen LogP contribution is -2.07. The number of rotatable bonds is 2. The lowest BCUT2D eigenvalue weighted by molar-refractivity contribution is 0.214. The van der Waals surface area contributed by atoms with Crippen molar-refractivity contribution in [2.75, 3.05) is 5.73 Å². The number of benzene rings is 2. The van der Waals surface area contributed by atoms with Gasteiger partial charge in [0.25, 0.3) is 0 Å². The maximum absolute atomic E-state index is 13.6. The van der Waals surface area contributed by atoms with Gasteiger partial charge in [0.05, 0.1) is 0 Å². The van der Waals surface area contributed by atoms with Gasteiger partial charge in [-0.15, -0.1) is 0 Å². The van der Waals surface area contributed by atoms with Crippen molar-refractivity contribution in [2.45, 2.75) is 6.10 Å². The van der Waals surface area contributed by atoms with Crippen LogP contribution < -0.4 is 5.73 Å². The van der Waals surface area contributed by atoms with Gasteiger partial charge in [-0.25, -0.2) is 8.78 Å². The molecule has 0 aliphatic rings. The number of halogens is 3. The summed E-state index contributed by atoms with van der Waals surface area (Å²) in [5.74, 6) is -2.07. The minimum Gasteiger partial charge on any atom is -0.398 e. The van der Waals surface area contributed by atoms with Gasteiger partial charge < -0.3 is 10.8 Å². The van der Waals surface area contributed by atoms with Crippen LogP contribution in [-0.4, -0.2) is 5.11 Å². The van der Waals surface area contributed by atoms with Gasteiger partial charge >= 0.3 is 0 Å². The zero-order valence-corrected chi connectivity index (χ0v) is 10.8. The van der Waals surface area contributed by atoms with Crippen molar-refractivity contribution in [3.05, 3.63) is 63.6 Å². The first kappa shape index (κ1) is 13.0. The van der Waals surface area contributed by atoms with Gasteiger partial charge in [-0.2, -0.15) is 0 Å². The van der Waals surface area contributed by atoms with E-state index in [0.717, 1.165) is 6.07 Å². The summed E-state index contributed by atoms with van der Waals surface area (Å²) in [6.45, 7) is 0. The predicted molar refractivity (Wildman–Crippen MR) is 69.0 cm³/mol. The Hall–Kier alpha value is -1.46. The topological polar surface area (TPSA) is 46.2 Å². The molecular weight excluding hydrogens is 304 g/mol. The molecule has 2 nitrogen and oxygen atoms in total. The highest BCUT2D eigenvalue weighted by atomic mass is 79.9. The molecule has 2 aromatic rings. The number of nitrogen functional groups attached to an aromatic ring is 1. The maximum atomic E-state index is 13.6. The lowest BCUT2D eigenvalue weighted by atomic mass is 9.99. The van der Waals surface area contributed by atoms with Crippen LogP contribution in [0.5, 0.6) is 0 Å². The first-order valence-electron chi connectivity index (χ1n) is 5.17. The molecule has 2 rings (SSSR count). The molecule has 0 radical (unpaired) electrons. The first-order chi connectivity index (χ1) is 8.50. The third-order valence-corrected chi connectivity index (χ3v) is 3.11. The quantitative estimate of drug-likeness (QED) is 0.835. The number of hydrogen-bond acceptors (Lipinski definition) is 2. The molecule has 0 aliphatic heterocycles. The van der Waals surface area contributed by atoms with E-state index in [-0.39, 0.29) is 5.56 Å². The van der Waals surface area contributed by atoms with Crippen LogP contribution in [0.1, 0.15) is 17.2 Å². The van der Waals surface area contributed by atoms with Crippen LogP contribution >= 0.6 is 15.9 Å². The molecule has 3 N–H and O–H groups in total. The summed E-state index contributed by atoms with van der Waals surface area (Å²) >= 11 is 3.24. The molecule has 0 aliphatic carbocycles. The second kappa shape index (κ2) is 5.04. The van der Waals surface area contributed by atoms with Crippen molar-refractivity contribution in [1.82, 2.24) is 0 Å². The van der Waals surface area contributed by atoms with Gasteiger partial charge in [0.15, 0.2) is 11.6 Å². The van der Waals surface area contributed by atoms with Crippen LogP contribution in [0, 0.1) is 11.6 Å². The van der Waals surface area contributed by atoms with Crippen LogP contribution in [0.3, 0.4) is 0 Å². The standard InChI is InChI=1S/C13H10BrF2NO/c14-7-4-5-11(17)9(6-7)13(18)8-2-1-3-10(15)12(8)16/h1-6,13,18H,17H2. The van der Waals surface area contributed by atoms with Crippen LogP contribution in [-0.2, 0) is 0 Å². The molecule has 1 unspecified atom stereocenters. The molecule has 0 saturated carbocycles. The van der Waals surface area contributed by atoms with Gasteiger partial charge in [0.1, 0.15) is 6.10 Å². The average Bonchev–Trinajstić information content (AvgIpc) is 2.35. The minimum atomic E-state index is -1.31. The van der Waals surface area contributed by atoms with Gasteiger partial charge in [-0.05, 0) is 24.3 Å². The summed E-state index contributed by atoms with van der Waals surface area (Å²) in [6.07, 6.45) is -1.31. The van der Waals surface area contributed by atoms with Gasteiger partial charge in [-0.1, -0.05) is 28.1 Å². The Balaban J connectivity index is 2.51. The number of anilines is 1. The van der Waals surface area contributed by atoms with Crippen molar-refractivity contribution in [2.24, 2.45) is 0 Å². The van der Waals surface area contributed by atoms with Crippen molar-refractivity contribution in [3.63, 3.8) is 0 Å². The summed E-state index contributed by atoms with van der Waals surface area (Å²) in [5, 5.41) is 10.1. The van der Waals surface area contributed by atoms with Crippen LogP contribution in [0.25, 0.3) is 0 Å². The number of hydrogen-bond donors (Lipinski definition) is 2. The minimum absolute atomic E-state index is 0.139. The smallest absolute Gasteiger partial charge is 0.164 e. The maximum Gasteiger partial charge on any atom is 0.164 e. The van der Waals surface area contributed by atoms with Crippen LogP contribution in [0.15, 0.2) is 40.9 Å². The van der Waals surface area contributed by atoms with Crippen molar-refractivity contribution in [3.8, 4) is 0 Å². The molecule has 0 saturated heterocycles. The van der Waals surface area contributed by atoms with E-state index in [2.05, 4.69) is 15.9 Å². The molecule has 0 fully saturated rings. The Kier molecular flexibility index (Phi) is 3.63. The van der Waals surface area contributed by atoms with E-state index in [0.29, 0.717) is 15.7 Å². The molecule has 0 spiro atoms. The fourth-order valence-corrected chi connectivity index (χ4v) is 2.06. The van der Waals surface area contributed by atoms with Crippen molar-refractivity contribution < 1.29 is 13.9 Å². The highest BCUT2D eigenvalue weighted by Crippen LogP contribution is 2.31.